The highest BCUT2D eigenvalue weighted by Gasteiger charge is 2.40. The molecule has 1 aromatic carbocycles. The highest BCUT2D eigenvalue weighted by molar-refractivity contribution is 8.13. The number of ether oxygens (including phenoxy) is 1. The van der Waals surface area contributed by atoms with Gasteiger partial charge in [-0.3, -0.25) is 9.80 Å². The minimum Gasteiger partial charge on any atom is -0.443 e. The molecule has 236 valence electrons. The number of carbonyl (C=O) groups is 1. The van der Waals surface area contributed by atoms with Gasteiger partial charge in [0.2, 0.25) is 30.8 Å². The quantitative estimate of drug-likeness (QED) is 0.318. The van der Waals surface area contributed by atoms with Crippen LogP contribution in [0.15, 0.2) is 28.8 Å². The van der Waals surface area contributed by atoms with Crippen LogP contribution in [0.25, 0.3) is 11.4 Å². The third-order valence-electron chi connectivity index (χ3n) is 5.71. The molecule has 12 nitrogen and oxygen atoms in total. The highest BCUT2D eigenvalue weighted by Crippen LogP contribution is 2.26. The van der Waals surface area contributed by atoms with E-state index in [0.717, 1.165) is 9.87 Å². The first-order valence-electron chi connectivity index (χ1n) is 11.9. The zero-order chi connectivity index (χ0) is 31.5. The molecule has 1 amide bonds. The molecule has 1 unspecified atom stereocenters. The molecule has 0 N–H and O–H groups in total. The lowest BCUT2D eigenvalue weighted by atomic mass is 10.2. The molecule has 2 aromatic rings. The number of anilines is 1. The fourth-order valence-electron chi connectivity index (χ4n) is 4.01. The van der Waals surface area contributed by atoms with Gasteiger partial charge in [-0.2, -0.15) is 35.6 Å². The third-order valence-corrected chi connectivity index (χ3v) is 8.55. The standard InChI is InChI=1S/C19H22F3N5O5S.C2H2ClF3O2S/c1-13-23-17(24-32-13)14-2-4-15(5-3-14)27-11-16(31-18(27)28)10-25-6-8-26(9-7-25)33(29,30)12-19(20,21)22;3-9(7,8)1-2(4,5)6/h2-5,16H,6-12H2,1H3;1H2. The Bertz CT molecular complexity index is 1440. The zero-order valence-corrected chi connectivity index (χ0v) is 24.0. The van der Waals surface area contributed by atoms with Gasteiger partial charge >= 0.3 is 18.4 Å². The number of hydrogen-bond acceptors (Lipinski definition) is 10. The Labute approximate surface area is 240 Å². The molecule has 21 heteroatoms. The molecule has 0 aliphatic carbocycles. The molecule has 2 fully saturated rings. The summed E-state index contributed by atoms with van der Waals surface area (Å²) in [6, 6.07) is 7.02. The van der Waals surface area contributed by atoms with Gasteiger partial charge < -0.3 is 9.26 Å². The van der Waals surface area contributed by atoms with Crippen molar-refractivity contribution in [3.63, 3.8) is 0 Å². The maximum atomic E-state index is 12.5. The van der Waals surface area contributed by atoms with Gasteiger partial charge in [-0.25, -0.2) is 21.6 Å². The number of alkyl halides is 6. The number of aryl methyl sites for hydroxylation is 1. The maximum absolute atomic E-state index is 12.5. The summed E-state index contributed by atoms with van der Waals surface area (Å²) in [5.74, 6) is -2.95. The molecule has 1 aromatic heterocycles. The maximum Gasteiger partial charge on any atom is 0.414 e. The average molecular weight is 672 g/mol. The van der Waals surface area contributed by atoms with E-state index in [1.165, 1.54) is 4.90 Å². The number of aromatic nitrogens is 2. The molecule has 2 aliphatic rings. The average Bonchev–Trinajstić information content (AvgIpc) is 3.41. The number of benzene rings is 1. The van der Waals surface area contributed by atoms with Crippen molar-refractivity contribution in [2.45, 2.75) is 25.4 Å². The second kappa shape index (κ2) is 12.9. The lowest BCUT2D eigenvalue weighted by Crippen LogP contribution is -2.52. The highest BCUT2D eigenvalue weighted by atomic mass is 35.7. The van der Waals surface area contributed by atoms with E-state index in [1.54, 1.807) is 31.2 Å². The molecule has 42 heavy (non-hydrogen) atoms. The van der Waals surface area contributed by atoms with Crippen LogP contribution < -0.4 is 4.90 Å². The number of hydrogen-bond donors (Lipinski definition) is 0. The van der Waals surface area contributed by atoms with E-state index in [0.29, 0.717) is 30.5 Å². The van der Waals surface area contributed by atoms with Crippen molar-refractivity contribution >= 4 is 41.5 Å². The number of carbonyl (C=O) groups excluding carboxylic acids is 1. The van der Waals surface area contributed by atoms with Crippen molar-refractivity contribution in [2.75, 3.05) is 55.7 Å². The van der Waals surface area contributed by atoms with Gasteiger partial charge in [-0.1, -0.05) is 5.16 Å². The number of cyclic esters (lactones) is 1. The van der Waals surface area contributed by atoms with Gasteiger partial charge in [-0.05, 0) is 24.3 Å². The molecule has 0 radical (unpaired) electrons. The van der Waals surface area contributed by atoms with Gasteiger partial charge in [0, 0.05) is 61.6 Å². The Morgan fingerprint density at radius 3 is 1.98 bits per heavy atom. The van der Waals surface area contributed by atoms with E-state index in [9.17, 15) is 48.0 Å². The van der Waals surface area contributed by atoms with Crippen molar-refractivity contribution in [1.82, 2.24) is 19.3 Å². The van der Waals surface area contributed by atoms with E-state index >= 15 is 0 Å². The van der Waals surface area contributed by atoms with Crippen LogP contribution in [-0.2, 0) is 23.8 Å². The number of rotatable bonds is 7. The molecule has 0 saturated carbocycles. The lowest BCUT2D eigenvalue weighted by Gasteiger charge is -2.34. The Morgan fingerprint density at radius 2 is 1.52 bits per heavy atom. The van der Waals surface area contributed by atoms with Crippen LogP contribution in [0.4, 0.5) is 36.8 Å². The summed E-state index contributed by atoms with van der Waals surface area (Å²) in [7, 11) is -4.56. The molecule has 3 heterocycles. The molecular weight excluding hydrogens is 648 g/mol. The molecule has 4 rings (SSSR count). The van der Waals surface area contributed by atoms with E-state index in [1.807, 2.05) is 4.90 Å². The summed E-state index contributed by atoms with van der Waals surface area (Å²) >= 11 is 0. The lowest BCUT2D eigenvalue weighted by molar-refractivity contribution is -0.107. The Balaban J connectivity index is 0.000000467. The van der Waals surface area contributed by atoms with Crippen molar-refractivity contribution < 1.29 is 57.2 Å². The van der Waals surface area contributed by atoms with E-state index in [-0.39, 0.29) is 26.2 Å². The third kappa shape index (κ3) is 10.5. The predicted molar refractivity (Wildman–Crippen MR) is 136 cm³/mol. The summed E-state index contributed by atoms with van der Waals surface area (Å²) in [5.41, 5.74) is 1.37. The van der Waals surface area contributed by atoms with Crippen LogP contribution in [0.5, 0.6) is 0 Å². The fourth-order valence-corrected chi connectivity index (χ4v) is 6.08. The fraction of sp³-hybridized carbons (Fsp3) is 0.571. The Hall–Kier alpha value is -2.68. The second-order valence-corrected chi connectivity index (χ2v) is 13.9. The van der Waals surface area contributed by atoms with Crippen molar-refractivity contribution in [1.29, 1.82) is 0 Å². The van der Waals surface area contributed by atoms with Gasteiger partial charge in [0.05, 0.1) is 6.54 Å². The van der Waals surface area contributed by atoms with Crippen LogP contribution in [0.2, 0.25) is 0 Å². The number of piperazine rings is 1. The topological polar surface area (TPSA) is 143 Å². The summed E-state index contributed by atoms with van der Waals surface area (Å²) in [5, 5.41) is 3.85. The number of halogens is 7. The van der Waals surface area contributed by atoms with E-state index < -0.39 is 55.1 Å². The molecule has 1 atom stereocenters. The van der Waals surface area contributed by atoms with E-state index in [2.05, 4.69) is 20.8 Å². The summed E-state index contributed by atoms with van der Waals surface area (Å²) < 4.78 is 125. The van der Waals surface area contributed by atoms with E-state index in [4.69, 9.17) is 9.26 Å². The van der Waals surface area contributed by atoms with Gasteiger partial charge in [0.1, 0.15) is 6.10 Å². The van der Waals surface area contributed by atoms with Crippen LogP contribution >= 0.6 is 10.7 Å². The van der Waals surface area contributed by atoms with Crippen molar-refractivity contribution in [3.8, 4) is 11.4 Å². The SMILES string of the molecule is Cc1nc(-c2ccc(N3CC(CN4CCN(S(=O)(=O)CC(F)(F)F)CC4)OC3=O)cc2)no1.O=S(=O)(Cl)CC(F)(F)F. The van der Waals surface area contributed by atoms with Crippen LogP contribution in [-0.4, -0.2) is 112 Å². The number of amides is 1. The molecule has 2 saturated heterocycles. The van der Waals surface area contributed by atoms with Crippen molar-refractivity contribution in [2.24, 2.45) is 0 Å². The van der Waals surface area contributed by atoms with Gasteiger partial charge in [-0.15, -0.1) is 0 Å². The number of nitrogens with zero attached hydrogens (tertiary/aromatic N) is 5. The van der Waals surface area contributed by atoms with Crippen LogP contribution in [0.3, 0.4) is 0 Å². The Morgan fingerprint density at radius 1 is 0.952 bits per heavy atom. The largest absolute Gasteiger partial charge is 0.443 e. The summed E-state index contributed by atoms with van der Waals surface area (Å²) in [6.45, 7) is 2.77. The Kier molecular flexibility index (Phi) is 10.4. The smallest absolute Gasteiger partial charge is 0.414 e. The zero-order valence-electron chi connectivity index (χ0n) is 21.6. The first kappa shape index (κ1) is 33.8. The first-order chi connectivity index (χ1) is 19.2. The molecule has 0 spiro atoms. The van der Waals surface area contributed by atoms with Gasteiger partial charge in [0.15, 0.2) is 11.5 Å². The molecule has 0 bridgehead atoms. The monoisotopic (exact) mass is 671 g/mol. The minimum atomic E-state index is -4.78. The number of sulfonamides is 1. The molecular formula is C21H24ClF6N5O7S2. The van der Waals surface area contributed by atoms with Crippen molar-refractivity contribution in [3.05, 3.63) is 30.2 Å². The minimum absolute atomic E-state index is 0.0419. The predicted octanol–water partition coefficient (Wildman–Crippen LogP) is 3.00. The molecule has 2 aliphatic heterocycles. The summed E-state index contributed by atoms with van der Waals surface area (Å²) in [6.07, 6.45) is -10.5. The normalized spacial score (nSPS) is 19.4. The van der Waals surface area contributed by atoms with Crippen LogP contribution in [0, 0.1) is 6.92 Å². The summed E-state index contributed by atoms with van der Waals surface area (Å²) in [4.78, 5) is 19.9. The van der Waals surface area contributed by atoms with Gasteiger partial charge in [0.25, 0.3) is 0 Å². The van der Waals surface area contributed by atoms with Crippen LogP contribution in [0.1, 0.15) is 5.89 Å². The second-order valence-electron chi connectivity index (χ2n) is 9.17. The first-order valence-corrected chi connectivity index (χ1v) is 15.9.